The van der Waals surface area contributed by atoms with Crippen molar-refractivity contribution >= 4 is 17.5 Å². The van der Waals surface area contributed by atoms with E-state index >= 15 is 0 Å². The van der Waals surface area contributed by atoms with E-state index in [-0.39, 0.29) is 11.8 Å². The van der Waals surface area contributed by atoms with Gasteiger partial charge in [-0.3, -0.25) is 14.5 Å². The SMILES string of the molecule is CC(=O)N(CCC(=O)NCCN1CCOCC1)c1c(C)cccc1C(C)C. The van der Waals surface area contributed by atoms with E-state index < -0.39 is 0 Å². The van der Waals surface area contributed by atoms with Gasteiger partial charge in [0.25, 0.3) is 0 Å². The molecule has 1 N–H and O–H groups in total. The molecule has 1 aliphatic heterocycles. The van der Waals surface area contributed by atoms with E-state index in [0.29, 0.717) is 25.4 Å². The van der Waals surface area contributed by atoms with E-state index in [1.807, 2.05) is 19.1 Å². The minimum atomic E-state index is -0.0349. The lowest BCUT2D eigenvalue weighted by molar-refractivity contribution is -0.121. The molecule has 1 aromatic rings. The van der Waals surface area contributed by atoms with Crippen LogP contribution in [0.5, 0.6) is 0 Å². The van der Waals surface area contributed by atoms with Gasteiger partial charge in [0.1, 0.15) is 0 Å². The molecule has 1 aromatic carbocycles. The summed E-state index contributed by atoms with van der Waals surface area (Å²) in [6.45, 7) is 13.0. The van der Waals surface area contributed by atoms with Crippen LogP contribution in [0.15, 0.2) is 18.2 Å². The molecule has 1 heterocycles. The number of aryl methyl sites for hydroxylation is 1. The number of nitrogens with zero attached hydrogens (tertiary/aromatic N) is 2. The van der Waals surface area contributed by atoms with E-state index in [1.54, 1.807) is 11.8 Å². The van der Waals surface area contributed by atoms with Gasteiger partial charge >= 0.3 is 0 Å². The number of anilines is 1. The molecule has 150 valence electrons. The first kappa shape index (κ1) is 21.4. The average Bonchev–Trinajstić information content (AvgIpc) is 2.63. The maximum atomic E-state index is 12.3. The molecule has 1 aliphatic rings. The van der Waals surface area contributed by atoms with Gasteiger partial charge in [-0.05, 0) is 24.0 Å². The second-order valence-corrected chi connectivity index (χ2v) is 7.39. The van der Waals surface area contributed by atoms with Crippen LogP contribution in [0, 0.1) is 6.92 Å². The van der Waals surface area contributed by atoms with Crippen LogP contribution in [0.3, 0.4) is 0 Å². The fourth-order valence-electron chi connectivity index (χ4n) is 3.42. The molecule has 0 saturated carbocycles. The zero-order valence-electron chi connectivity index (χ0n) is 17.1. The largest absolute Gasteiger partial charge is 0.379 e. The summed E-state index contributed by atoms with van der Waals surface area (Å²) in [5, 5.41) is 2.97. The molecule has 6 heteroatoms. The van der Waals surface area contributed by atoms with Gasteiger partial charge in [-0.2, -0.15) is 0 Å². The lowest BCUT2D eigenvalue weighted by Gasteiger charge is -2.28. The number of carbonyl (C=O) groups is 2. The van der Waals surface area contributed by atoms with E-state index in [4.69, 9.17) is 4.74 Å². The van der Waals surface area contributed by atoms with Crippen LogP contribution in [0.4, 0.5) is 5.69 Å². The van der Waals surface area contributed by atoms with Crippen molar-refractivity contribution in [3.8, 4) is 0 Å². The van der Waals surface area contributed by atoms with Crippen LogP contribution < -0.4 is 10.2 Å². The van der Waals surface area contributed by atoms with Crippen molar-refractivity contribution in [1.82, 2.24) is 10.2 Å². The third-order valence-electron chi connectivity index (χ3n) is 4.96. The minimum Gasteiger partial charge on any atom is -0.379 e. The molecule has 2 amide bonds. The lowest BCUT2D eigenvalue weighted by Crippen LogP contribution is -2.42. The number of amides is 2. The number of para-hydroxylation sites is 1. The molecular formula is C21H33N3O3. The molecule has 0 spiro atoms. The highest BCUT2D eigenvalue weighted by atomic mass is 16.5. The van der Waals surface area contributed by atoms with Crippen molar-refractivity contribution in [3.63, 3.8) is 0 Å². The van der Waals surface area contributed by atoms with Crippen molar-refractivity contribution in [2.45, 2.75) is 40.0 Å². The van der Waals surface area contributed by atoms with Gasteiger partial charge < -0.3 is 15.0 Å². The Morgan fingerprint density at radius 3 is 2.59 bits per heavy atom. The van der Waals surface area contributed by atoms with E-state index in [9.17, 15) is 9.59 Å². The summed E-state index contributed by atoms with van der Waals surface area (Å²) < 4.78 is 5.33. The Kier molecular flexibility index (Phi) is 8.25. The second kappa shape index (κ2) is 10.4. The maximum absolute atomic E-state index is 12.3. The molecule has 0 aliphatic carbocycles. The summed E-state index contributed by atoms with van der Waals surface area (Å²) in [5.41, 5.74) is 3.14. The van der Waals surface area contributed by atoms with Gasteiger partial charge in [0.15, 0.2) is 0 Å². The molecule has 0 radical (unpaired) electrons. The smallest absolute Gasteiger partial charge is 0.223 e. The zero-order valence-corrected chi connectivity index (χ0v) is 17.1. The number of hydrogen-bond donors (Lipinski definition) is 1. The Balaban J connectivity index is 1.91. The fourth-order valence-corrected chi connectivity index (χ4v) is 3.42. The Bertz CT molecular complexity index is 640. The number of benzene rings is 1. The Labute approximate surface area is 162 Å². The summed E-state index contributed by atoms with van der Waals surface area (Å²) >= 11 is 0. The van der Waals surface area contributed by atoms with Crippen molar-refractivity contribution in [2.75, 3.05) is 50.8 Å². The van der Waals surface area contributed by atoms with Crippen molar-refractivity contribution < 1.29 is 14.3 Å². The number of rotatable bonds is 8. The average molecular weight is 376 g/mol. The second-order valence-electron chi connectivity index (χ2n) is 7.39. The first-order valence-electron chi connectivity index (χ1n) is 9.84. The Morgan fingerprint density at radius 1 is 1.26 bits per heavy atom. The number of hydrogen-bond acceptors (Lipinski definition) is 4. The van der Waals surface area contributed by atoms with Crippen molar-refractivity contribution in [3.05, 3.63) is 29.3 Å². The summed E-state index contributed by atoms with van der Waals surface area (Å²) in [6, 6.07) is 6.09. The van der Waals surface area contributed by atoms with Gasteiger partial charge in [-0.25, -0.2) is 0 Å². The first-order chi connectivity index (χ1) is 12.9. The molecular weight excluding hydrogens is 342 g/mol. The molecule has 2 rings (SSSR count). The van der Waals surface area contributed by atoms with Crippen molar-refractivity contribution in [2.24, 2.45) is 0 Å². The third kappa shape index (κ3) is 6.33. The minimum absolute atomic E-state index is 0.0193. The van der Waals surface area contributed by atoms with Gasteiger partial charge in [-0.15, -0.1) is 0 Å². The van der Waals surface area contributed by atoms with Crippen LogP contribution in [0.1, 0.15) is 44.2 Å². The van der Waals surface area contributed by atoms with E-state index in [2.05, 4.69) is 30.1 Å². The lowest BCUT2D eigenvalue weighted by atomic mass is 9.97. The normalized spacial score (nSPS) is 15.0. The Morgan fingerprint density at radius 2 is 1.96 bits per heavy atom. The molecule has 0 atom stereocenters. The topological polar surface area (TPSA) is 61.9 Å². The number of ether oxygens (including phenoxy) is 1. The molecule has 0 bridgehead atoms. The van der Waals surface area contributed by atoms with Gasteiger partial charge in [0, 0.05) is 51.8 Å². The standard InChI is InChI=1S/C21H33N3O3/c1-16(2)19-7-5-6-17(3)21(19)24(18(4)25)10-8-20(26)22-9-11-23-12-14-27-15-13-23/h5-7,16H,8-15H2,1-4H3,(H,22,26). The van der Waals surface area contributed by atoms with Gasteiger partial charge in [0.05, 0.1) is 13.2 Å². The monoisotopic (exact) mass is 375 g/mol. The third-order valence-corrected chi connectivity index (χ3v) is 4.96. The molecule has 27 heavy (non-hydrogen) atoms. The predicted octanol–water partition coefficient (Wildman–Crippen LogP) is 2.31. The van der Waals surface area contributed by atoms with Crippen LogP contribution in [-0.2, 0) is 14.3 Å². The highest BCUT2D eigenvalue weighted by Gasteiger charge is 2.20. The molecule has 1 saturated heterocycles. The van der Waals surface area contributed by atoms with Crippen molar-refractivity contribution in [1.29, 1.82) is 0 Å². The number of nitrogens with one attached hydrogen (secondary N) is 1. The van der Waals surface area contributed by atoms with Crippen LogP contribution in [0.2, 0.25) is 0 Å². The molecule has 0 unspecified atom stereocenters. The number of morpholine rings is 1. The van der Waals surface area contributed by atoms with Gasteiger partial charge in [-0.1, -0.05) is 32.0 Å². The first-order valence-corrected chi connectivity index (χ1v) is 9.84. The van der Waals surface area contributed by atoms with Crippen LogP contribution >= 0.6 is 0 Å². The predicted molar refractivity (Wildman–Crippen MR) is 108 cm³/mol. The van der Waals surface area contributed by atoms with E-state index in [1.165, 1.54) is 0 Å². The van der Waals surface area contributed by atoms with Gasteiger partial charge in [0.2, 0.25) is 11.8 Å². The summed E-state index contributed by atoms with van der Waals surface area (Å²) in [6.07, 6.45) is 0.300. The Hall–Kier alpha value is -1.92. The molecule has 0 aromatic heterocycles. The molecule has 1 fully saturated rings. The quantitative estimate of drug-likeness (QED) is 0.757. The fraction of sp³-hybridized carbons (Fsp3) is 0.619. The molecule has 6 nitrogen and oxygen atoms in total. The maximum Gasteiger partial charge on any atom is 0.223 e. The summed E-state index contributed by atoms with van der Waals surface area (Å²) in [5.74, 6) is 0.255. The summed E-state index contributed by atoms with van der Waals surface area (Å²) in [7, 11) is 0. The van der Waals surface area contributed by atoms with Crippen LogP contribution in [0.25, 0.3) is 0 Å². The highest BCUT2D eigenvalue weighted by molar-refractivity contribution is 5.94. The summed E-state index contributed by atoms with van der Waals surface area (Å²) in [4.78, 5) is 28.6. The van der Waals surface area contributed by atoms with Crippen LogP contribution in [-0.4, -0.2) is 62.7 Å². The van der Waals surface area contributed by atoms with E-state index in [0.717, 1.165) is 49.7 Å². The number of carbonyl (C=O) groups excluding carboxylic acids is 2. The zero-order chi connectivity index (χ0) is 19.8. The highest BCUT2D eigenvalue weighted by Crippen LogP contribution is 2.31.